The zero-order chi connectivity index (χ0) is 97.8. The normalized spacial score (nSPS) is 12.3. The molecule has 0 bridgehead atoms. The Morgan fingerprint density at radius 2 is 0.527 bits per heavy atom. The number of hydrogen-bond donors (Lipinski definition) is 0. The molecule has 0 fully saturated rings. The van der Waals surface area contributed by atoms with Crippen molar-refractivity contribution in [2.24, 2.45) is 0 Å². The molecule has 0 radical (unpaired) electrons. The predicted octanol–water partition coefficient (Wildman–Crippen LogP) is 36.5. The van der Waals surface area contributed by atoms with Crippen molar-refractivity contribution in [2.75, 3.05) is 0 Å². The third-order valence-corrected chi connectivity index (χ3v) is 32.6. The fourth-order valence-corrected chi connectivity index (χ4v) is 26.0. The molecule has 0 aliphatic carbocycles. The van der Waals surface area contributed by atoms with E-state index in [4.69, 9.17) is 28.8 Å². The number of para-hydroxylation sites is 8. The van der Waals surface area contributed by atoms with Gasteiger partial charge in [-0.1, -0.05) is 322 Å². The van der Waals surface area contributed by atoms with Crippen LogP contribution in [0.15, 0.2) is 476 Å². The lowest BCUT2D eigenvalue weighted by Gasteiger charge is -2.13. The van der Waals surface area contributed by atoms with Gasteiger partial charge in [-0.15, -0.1) is 11.3 Å². The maximum Gasteiger partial charge on any atom is 0.199 e. The second-order valence-corrected chi connectivity index (χ2v) is 40.5. The van der Waals surface area contributed by atoms with Crippen LogP contribution in [0, 0.1) is 0 Å². The molecule has 14 heteroatoms. The van der Waals surface area contributed by atoms with E-state index in [1.54, 1.807) is 18.7 Å². The smallest absolute Gasteiger partial charge is 0.199 e. The Kier molecular flexibility index (Phi) is 17.4. The average Bonchev–Trinajstić information content (AvgIpc) is 1.41. The van der Waals surface area contributed by atoms with Crippen molar-refractivity contribution in [3.8, 4) is 0 Å². The van der Waals surface area contributed by atoms with Gasteiger partial charge in [0.05, 0.1) is 89.0 Å². The SMILES string of the molecule is c1ccc2c(c1)ccc1c3cc4ccoc4cc3n3c4ccccc4cc3c21.c1ccc2c(c1)ccc1c3cc4oc5ccccc5c4cc3n3c4ccccc4cc3c21.c1ccc2c(c1)ccc1c3cc4sc5ccccc5c4cc3n3c4ccccc4cc3c21.c1ccc2c(c1)ccc1c3nc4ccccc4nc3n3c4ccccc4cc3c21.c1ccc2c(c1)ccc1c3nc4nccnc4nc3n3c4ccccc4cc3c21. The first-order chi connectivity index (χ1) is 74.4. The number of furan rings is 2. The van der Waals surface area contributed by atoms with Gasteiger partial charge in [0.1, 0.15) is 27.8 Å². The molecular formula is C136H77N11O2S. The Balaban J connectivity index is 0.0000000813. The highest BCUT2D eigenvalue weighted by atomic mass is 32.1. The summed E-state index contributed by atoms with van der Waals surface area (Å²) in [6, 6.07) is 161. The quantitative estimate of drug-likeness (QED) is 0.109. The maximum absolute atomic E-state index is 6.27. The van der Waals surface area contributed by atoms with Crippen LogP contribution >= 0.6 is 11.3 Å². The summed E-state index contributed by atoms with van der Waals surface area (Å²) in [4.78, 5) is 28.7. The van der Waals surface area contributed by atoms with E-state index in [-0.39, 0.29) is 0 Å². The van der Waals surface area contributed by atoms with Gasteiger partial charge >= 0.3 is 0 Å². The van der Waals surface area contributed by atoms with Gasteiger partial charge in [-0.25, -0.2) is 29.9 Å². The van der Waals surface area contributed by atoms with Crippen molar-refractivity contribution in [1.29, 1.82) is 0 Å². The van der Waals surface area contributed by atoms with E-state index in [0.717, 1.165) is 93.6 Å². The minimum absolute atomic E-state index is 0.555. The number of pyridine rings is 5. The molecular weight excluding hydrogens is 1850 g/mol. The lowest BCUT2D eigenvalue weighted by Crippen LogP contribution is -1.99. The molecule has 694 valence electrons. The topological polar surface area (TPSA) is 126 Å². The summed E-state index contributed by atoms with van der Waals surface area (Å²) in [6.07, 6.45) is 5.08. The maximum atomic E-state index is 6.27. The van der Waals surface area contributed by atoms with Gasteiger partial charge in [-0.2, -0.15) is 0 Å². The van der Waals surface area contributed by atoms with E-state index in [1.165, 1.54) is 215 Å². The molecule has 0 saturated heterocycles. The molecule has 0 aliphatic rings. The molecule has 16 heterocycles. The van der Waals surface area contributed by atoms with Crippen molar-refractivity contribution in [2.45, 2.75) is 0 Å². The third-order valence-electron chi connectivity index (χ3n) is 31.4. The minimum Gasteiger partial charge on any atom is -0.464 e. The van der Waals surface area contributed by atoms with Crippen LogP contribution in [0.25, 0.3) is 320 Å². The van der Waals surface area contributed by atoms with E-state index >= 15 is 0 Å². The molecule has 0 N–H and O–H groups in total. The highest BCUT2D eigenvalue weighted by molar-refractivity contribution is 7.26. The van der Waals surface area contributed by atoms with E-state index in [1.807, 2.05) is 53.8 Å². The van der Waals surface area contributed by atoms with E-state index < -0.39 is 0 Å². The molecule has 0 unspecified atom stereocenters. The van der Waals surface area contributed by atoms with Crippen LogP contribution in [0.2, 0.25) is 0 Å². The van der Waals surface area contributed by atoms with Crippen molar-refractivity contribution in [3.05, 3.63) is 468 Å². The number of benzene rings is 21. The summed E-state index contributed by atoms with van der Waals surface area (Å²) >= 11 is 1.89. The molecule has 0 saturated carbocycles. The van der Waals surface area contributed by atoms with E-state index in [9.17, 15) is 0 Å². The lowest BCUT2D eigenvalue weighted by atomic mass is 9.98. The highest BCUT2D eigenvalue weighted by Crippen LogP contribution is 2.49. The summed E-state index contributed by atoms with van der Waals surface area (Å²) in [5, 5.41) is 41.2. The Labute approximate surface area is 853 Å². The van der Waals surface area contributed by atoms with Gasteiger partial charge < -0.3 is 22.0 Å². The summed E-state index contributed by atoms with van der Waals surface area (Å²) in [5.74, 6) is 0. The summed E-state index contributed by atoms with van der Waals surface area (Å²) in [6.45, 7) is 0. The Hall–Kier alpha value is -20.1. The predicted molar refractivity (Wildman–Crippen MR) is 629 cm³/mol. The Morgan fingerprint density at radius 1 is 0.180 bits per heavy atom. The molecule has 13 nitrogen and oxygen atoms in total. The van der Waals surface area contributed by atoms with Crippen molar-refractivity contribution in [1.82, 2.24) is 51.9 Å². The second-order valence-electron chi connectivity index (χ2n) is 39.4. The zero-order valence-electron chi connectivity index (χ0n) is 80.1. The summed E-state index contributed by atoms with van der Waals surface area (Å²) in [7, 11) is 0. The Bertz CT molecular complexity index is 12000. The monoisotopic (exact) mass is 1930 g/mol. The molecule has 21 aromatic carbocycles. The second kappa shape index (κ2) is 31.7. The lowest BCUT2D eigenvalue weighted by molar-refractivity contribution is 0.616. The molecule has 37 rings (SSSR count). The first kappa shape index (κ1) is 82.4. The average molecular weight is 1930 g/mol. The number of aromatic nitrogens is 11. The summed E-state index contributed by atoms with van der Waals surface area (Å²) in [5.41, 5.74) is 25.0. The van der Waals surface area contributed by atoms with Gasteiger partial charge in [-0.3, -0.25) is 8.80 Å². The standard InChI is InChI=1S/C30H17NO.C30H17NS.C26H15N3.C26H15NO.C24H13N5/c2*1-3-9-20-18(7-1)13-14-22-23-17-29-24(21-10-4-6-12-28(21)32-29)16-26(23)31-25-11-5-2-8-19(25)15-27(31)30(20)22;1-3-9-18-16(7-1)13-14-19-24(18)23-15-17-8-2-6-12-22(17)29(23)26-25(19)27-20-10-4-5-11-21(20)28-26;1-3-7-19-16(5-1)9-10-20-21-13-18-11-12-28-25(18)15-23(21)27-22-8-4-2-6-17(22)14-24(27)26(19)20;1-3-7-16-14(5-1)9-10-17-20(16)19-13-15-6-2-4-8-18(15)29(19)24-21(17)27-22-23(28-24)26-12-11-25-22/h2*1-17H;1-15H;1-15H;1-13H. The fraction of sp³-hybridized carbons (Fsp3) is 0. The van der Waals surface area contributed by atoms with Crippen LogP contribution in [0.5, 0.6) is 0 Å². The van der Waals surface area contributed by atoms with Gasteiger partial charge in [0.15, 0.2) is 22.6 Å². The molecule has 0 atom stereocenters. The fourth-order valence-electron chi connectivity index (χ4n) is 24.9. The van der Waals surface area contributed by atoms with Crippen molar-refractivity contribution < 1.29 is 8.83 Å². The molecule has 0 amide bonds. The first-order valence-electron chi connectivity index (χ1n) is 50.7. The largest absolute Gasteiger partial charge is 0.464 e. The molecule has 16 aromatic heterocycles. The van der Waals surface area contributed by atoms with Gasteiger partial charge in [0, 0.05) is 136 Å². The van der Waals surface area contributed by atoms with Gasteiger partial charge in [-0.05, 0) is 191 Å². The van der Waals surface area contributed by atoms with Crippen LogP contribution in [0.3, 0.4) is 0 Å². The van der Waals surface area contributed by atoms with Gasteiger partial charge in [0.25, 0.3) is 0 Å². The van der Waals surface area contributed by atoms with Crippen molar-refractivity contribution >= 4 is 332 Å². The number of fused-ring (bicyclic) bond motifs is 59. The van der Waals surface area contributed by atoms with E-state index in [0.29, 0.717) is 11.3 Å². The number of rotatable bonds is 0. The molecule has 0 aliphatic heterocycles. The van der Waals surface area contributed by atoms with Crippen LogP contribution in [-0.2, 0) is 0 Å². The molecule has 150 heavy (non-hydrogen) atoms. The molecule has 0 spiro atoms. The third kappa shape index (κ3) is 12.1. The van der Waals surface area contributed by atoms with E-state index in [2.05, 4.69) is 438 Å². The number of thiophene rings is 1. The summed E-state index contributed by atoms with van der Waals surface area (Å²) < 4.78 is 26.5. The van der Waals surface area contributed by atoms with Crippen LogP contribution in [0.4, 0.5) is 0 Å². The van der Waals surface area contributed by atoms with Crippen molar-refractivity contribution in [3.63, 3.8) is 0 Å². The highest BCUT2D eigenvalue weighted by Gasteiger charge is 2.26. The Morgan fingerprint density at radius 3 is 1.01 bits per heavy atom. The first-order valence-corrected chi connectivity index (χ1v) is 51.5. The number of nitrogens with zero attached hydrogens (tertiary/aromatic N) is 11. The van der Waals surface area contributed by atoms with Crippen LogP contribution < -0.4 is 0 Å². The number of hydrogen-bond acceptors (Lipinski definition) is 9. The van der Waals surface area contributed by atoms with Crippen LogP contribution in [0.1, 0.15) is 0 Å². The minimum atomic E-state index is 0.555. The van der Waals surface area contributed by atoms with Gasteiger partial charge in [0.2, 0.25) is 0 Å². The van der Waals surface area contributed by atoms with Crippen LogP contribution in [-0.4, -0.2) is 51.9 Å². The zero-order valence-corrected chi connectivity index (χ0v) is 80.9. The molecule has 37 aromatic rings.